The summed E-state index contributed by atoms with van der Waals surface area (Å²) in [4.78, 5) is 24.0. The summed E-state index contributed by atoms with van der Waals surface area (Å²) in [5.41, 5.74) is 4.07. The standard InChI is InChI=1S/C18H18BrNO3/c1-11-5-4-6-15(13(11)3)18(22)23-10-17(21)20-14-8-7-12(2)16(19)9-14/h4-9H,10H2,1-3H3,(H,20,21). The molecule has 0 aliphatic rings. The molecule has 23 heavy (non-hydrogen) atoms. The summed E-state index contributed by atoms with van der Waals surface area (Å²) >= 11 is 3.41. The molecular formula is C18H18BrNO3. The molecule has 0 aliphatic carbocycles. The second kappa shape index (κ2) is 7.42. The van der Waals surface area contributed by atoms with Gasteiger partial charge in [-0.2, -0.15) is 0 Å². The van der Waals surface area contributed by atoms with E-state index in [4.69, 9.17) is 4.74 Å². The molecule has 0 fully saturated rings. The van der Waals surface area contributed by atoms with E-state index in [-0.39, 0.29) is 12.5 Å². The Labute approximate surface area is 144 Å². The molecule has 2 rings (SSSR count). The lowest BCUT2D eigenvalue weighted by Gasteiger charge is -2.10. The van der Waals surface area contributed by atoms with Crippen LogP contribution < -0.4 is 5.32 Å². The summed E-state index contributed by atoms with van der Waals surface area (Å²) in [6, 6.07) is 10.9. The normalized spacial score (nSPS) is 10.3. The quantitative estimate of drug-likeness (QED) is 0.815. The molecule has 1 N–H and O–H groups in total. The van der Waals surface area contributed by atoms with Crippen LogP contribution in [0.5, 0.6) is 0 Å². The second-order valence-electron chi connectivity index (χ2n) is 5.34. The molecule has 0 unspecified atom stereocenters. The van der Waals surface area contributed by atoms with Crippen LogP contribution in [0.15, 0.2) is 40.9 Å². The predicted octanol–water partition coefficient (Wildman–Crippen LogP) is 4.17. The lowest BCUT2D eigenvalue weighted by atomic mass is 10.0. The Morgan fingerprint density at radius 1 is 1.09 bits per heavy atom. The Kier molecular flexibility index (Phi) is 5.55. The number of aryl methyl sites for hydroxylation is 2. The molecule has 0 aliphatic heterocycles. The van der Waals surface area contributed by atoms with Crippen molar-refractivity contribution in [2.75, 3.05) is 11.9 Å². The number of hydrogen-bond acceptors (Lipinski definition) is 3. The first-order chi connectivity index (χ1) is 10.9. The van der Waals surface area contributed by atoms with Crippen molar-refractivity contribution in [3.63, 3.8) is 0 Å². The maximum absolute atomic E-state index is 12.1. The maximum atomic E-state index is 12.1. The van der Waals surface area contributed by atoms with Gasteiger partial charge >= 0.3 is 5.97 Å². The van der Waals surface area contributed by atoms with Crippen molar-refractivity contribution in [3.8, 4) is 0 Å². The van der Waals surface area contributed by atoms with Gasteiger partial charge in [-0.05, 0) is 55.7 Å². The van der Waals surface area contributed by atoms with E-state index in [1.165, 1.54) is 0 Å². The summed E-state index contributed by atoms with van der Waals surface area (Å²) in [6.45, 7) is 5.42. The van der Waals surface area contributed by atoms with E-state index < -0.39 is 5.97 Å². The Morgan fingerprint density at radius 3 is 2.52 bits per heavy atom. The number of benzene rings is 2. The first-order valence-corrected chi connectivity index (χ1v) is 7.97. The molecule has 0 atom stereocenters. The Morgan fingerprint density at radius 2 is 1.83 bits per heavy atom. The summed E-state index contributed by atoms with van der Waals surface area (Å²) in [7, 11) is 0. The lowest BCUT2D eigenvalue weighted by molar-refractivity contribution is -0.119. The fourth-order valence-electron chi connectivity index (χ4n) is 2.05. The summed E-state index contributed by atoms with van der Waals surface area (Å²) in [5.74, 6) is -0.870. The summed E-state index contributed by atoms with van der Waals surface area (Å²) in [5, 5.41) is 2.70. The fraction of sp³-hybridized carbons (Fsp3) is 0.222. The van der Waals surface area contributed by atoms with Gasteiger partial charge in [-0.3, -0.25) is 4.79 Å². The highest BCUT2D eigenvalue weighted by Gasteiger charge is 2.13. The van der Waals surface area contributed by atoms with Crippen molar-refractivity contribution in [1.29, 1.82) is 0 Å². The highest BCUT2D eigenvalue weighted by molar-refractivity contribution is 9.10. The van der Waals surface area contributed by atoms with Crippen LogP contribution in [0.3, 0.4) is 0 Å². The van der Waals surface area contributed by atoms with E-state index in [9.17, 15) is 9.59 Å². The maximum Gasteiger partial charge on any atom is 0.338 e. The minimum absolute atomic E-state index is 0.322. The van der Waals surface area contributed by atoms with Gasteiger partial charge in [0.25, 0.3) is 5.91 Å². The zero-order chi connectivity index (χ0) is 17.0. The summed E-state index contributed by atoms with van der Waals surface area (Å²) < 4.78 is 5.99. The molecule has 2 aromatic rings. The fourth-order valence-corrected chi connectivity index (χ4v) is 2.43. The molecule has 0 aromatic heterocycles. The topological polar surface area (TPSA) is 55.4 Å². The number of halogens is 1. The molecule has 4 nitrogen and oxygen atoms in total. The average molecular weight is 376 g/mol. The molecule has 0 heterocycles. The van der Waals surface area contributed by atoms with Gasteiger partial charge in [0.2, 0.25) is 0 Å². The predicted molar refractivity (Wildman–Crippen MR) is 93.7 cm³/mol. The van der Waals surface area contributed by atoms with E-state index in [2.05, 4.69) is 21.2 Å². The SMILES string of the molecule is Cc1ccc(NC(=O)COC(=O)c2cccc(C)c2C)cc1Br. The Bertz CT molecular complexity index is 756. The van der Waals surface area contributed by atoms with Crippen molar-refractivity contribution >= 4 is 33.5 Å². The highest BCUT2D eigenvalue weighted by Crippen LogP contribution is 2.20. The second-order valence-corrected chi connectivity index (χ2v) is 6.19. The first kappa shape index (κ1) is 17.2. The van der Waals surface area contributed by atoms with E-state index in [1.807, 2.05) is 32.9 Å². The van der Waals surface area contributed by atoms with Crippen LogP contribution in [0.2, 0.25) is 0 Å². The van der Waals surface area contributed by atoms with E-state index in [0.29, 0.717) is 11.3 Å². The van der Waals surface area contributed by atoms with Crippen LogP contribution in [-0.2, 0) is 9.53 Å². The number of rotatable bonds is 4. The van der Waals surface area contributed by atoms with Crippen LogP contribution in [-0.4, -0.2) is 18.5 Å². The van der Waals surface area contributed by atoms with Crippen LogP contribution >= 0.6 is 15.9 Å². The van der Waals surface area contributed by atoms with Crippen molar-refractivity contribution in [3.05, 3.63) is 63.1 Å². The largest absolute Gasteiger partial charge is 0.452 e. The Hall–Kier alpha value is -2.14. The van der Waals surface area contributed by atoms with Crippen molar-refractivity contribution < 1.29 is 14.3 Å². The van der Waals surface area contributed by atoms with E-state index >= 15 is 0 Å². The van der Waals surface area contributed by atoms with Crippen molar-refractivity contribution in [2.24, 2.45) is 0 Å². The first-order valence-electron chi connectivity index (χ1n) is 7.18. The number of esters is 1. The van der Waals surface area contributed by atoms with Crippen molar-refractivity contribution in [1.82, 2.24) is 0 Å². The molecule has 0 bridgehead atoms. The average Bonchev–Trinajstić information content (AvgIpc) is 2.51. The van der Waals surface area contributed by atoms with Gasteiger partial charge in [0.15, 0.2) is 6.61 Å². The van der Waals surface area contributed by atoms with Gasteiger partial charge in [-0.1, -0.05) is 34.1 Å². The van der Waals surface area contributed by atoms with Crippen LogP contribution in [0, 0.1) is 20.8 Å². The number of amides is 1. The van der Waals surface area contributed by atoms with Gasteiger partial charge in [0.1, 0.15) is 0 Å². The molecule has 120 valence electrons. The number of carbonyl (C=O) groups is 2. The van der Waals surface area contributed by atoms with Crippen molar-refractivity contribution in [2.45, 2.75) is 20.8 Å². The van der Waals surface area contributed by atoms with Gasteiger partial charge in [-0.15, -0.1) is 0 Å². The third-order valence-corrected chi connectivity index (χ3v) is 4.47. The molecule has 5 heteroatoms. The highest BCUT2D eigenvalue weighted by atomic mass is 79.9. The molecule has 0 saturated heterocycles. The van der Waals surface area contributed by atoms with Crippen LogP contribution in [0.1, 0.15) is 27.0 Å². The molecule has 2 aromatic carbocycles. The molecule has 0 saturated carbocycles. The van der Waals surface area contributed by atoms with Crippen LogP contribution in [0.4, 0.5) is 5.69 Å². The minimum Gasteiger partial charge on any atom is -0.452 e. The number of anilines is 1. The molecule has 0 spiro atoms. The molecular weight excluding hydrogens is 358 g/mol. The van der Waals surface area contributed by atoms with Gasteiger partial charge in [0.05, 0.1) is 5.56 Å². The third kappa shape index (κ3) is 4.42. The van der Waals surface area contributed by atoms with E-state index in [0.717, 1.165) is 21.2 Å². The number of hydrogen-bond donors (Lipinski definition) is 1. The monoisotopic (exact) mass is 375 g/mol. The number of ether oxygens (including phenoxy) is 1. The third-order valence-electron chi connectivity index (χ3n) is 3.61. The Balaban J connectivity index is 1.94. The lowest BCUT2D eigenvalue weighted by Crippen LogP contribution is -2.21. The molecule has 0 radical (unpaired) electrons. The zero-order valence-electron chi connectivity index (χ0n) is 13.3. The smallest absolute Gasteiger partial charge is 0.338 e. The zero-order valence-corrected chi connectivity index (χ0v) is 14.9. The van der Waals surface area contributed by atoms with Crippen LogP contribution in [0.25, 0.3) is 0 Å². The summed E-state index contributed by atoms with van der Waals surface area (Å²) in [6.07, 6.45) is 0. The van der Waals surface area contributed by atoms with Gasteiger partial charge in [-0.25, -0.2) is 4.79 Å². The van der Waals surface area contributed by atoms with Gasteiger partial charge in [0, 0.05) is 10.2 Å². The number of nitrogens with one attached hydrogen (secondary N) is 1. The molecule has 1 amide bonds. The number of carbonyl (C=O) groups excluding carboxylic acids is 2. The minimum atomic E-state index is -0.494. The van der Waals surface area contributed by atoms with Gasteiger partial charge < -0.3 is 10.1 Å². The van der Waals surface area contributed by atoms with E-state index in [1.54, 1.807) is 24.3 Å².